The Morgan fingerprint density at radius 3 is 3.00 bits per heavy atom. The standard InChI is InChI=1S/C11H18N4O3S/c1-8-7-9(4-6-18-8)15-19(16,17)10-3-2-5-13-11(10)14-12/h2-3,5,8-9,15H,4,6-7,12H2,1H3,(H,13,14). The third-order valence-corrected chi connectivity index (χ3v) is 4.56. The minimum Gasteiger partial charge on any atom is -0.378 e. The predicted octanol–water partition coefficient (Wildman–Crippen LogP) is 0.213. The van der Waals surface area contributed by atoms with Crippen molar-refractivity contribution in [2.75, 3.05) is 12.0 Å². The summed E-state index contributed by atoms with van der Waals surface area (Å²) in [6.07, 6.45) is 2.85. The molecule has 8 heteroatoms. The molecule has 0 spiro atoms. The zero-order valence-electron chi connectivity index (χ0n) is 10.7. The van der Waals surface area contributed by atoms with Gasteiger partial charge in [-0.15, -0.1) is 0 Å². The maximum absolute atomic E-state index is 12.3. The van der Waals surface area contributed by atoms with Gasteiger partial charge in [-0.25, -0.2) is 24.0 Å². The summed E-state index contributed by atoms with van der Waals surface area (Å²) in [6, 6.07) is 2.90. The summed E-state index contributed by atoms with van der Waals surface area (Å²) in [5, 5.41) is 0. The van der Waals surface area contributed by atoms with Gasteiger partial charge in [-0.3, -0.25) is 0 Å². The number of hydrogen-bond acceptors (Lipinski definition) is 6. The topological polar surface area (TPSA) is 106 Å². The van der Waals surface area contributed by atoms with E-state index in [1.807, 2.05) is 6.92 Å². The van der Waals surface area contributed by atoms with Gasteiger partial charge in [0.05, 0.1) is 6.10 Å². The van der Waals surface area contributed by atoms with Crippen molar-refractivity contribution < 1.29 is 13.2 Å². The van der Waals surface area contributed by atoms with Crippen molar-refractivity contribution in [3.05, 3.63) is 18.3 Å². The number of rotatable bonds is 4. The van der Waals surface area contributed by atoms with Gasteiger partial charge in [-0.1, -0.05) is 0 Å². The zero-order chi connectivity index (χ0) is 13.9. The van der Waals surface area contributed by atoms with Crippen LogP contribution in [0.25, 0.3) is 0 Å². The highest BCUT2D eigenvalue weighted by atomic mass is 32.2. The largest absolute Gasteiger partial charge is 0.378 e. The van der Waals surface area contributed by atoms with Crippen LogP contribution in [0.5, 0.6) is 0 Å². The van der Waals surface area contributed by atoms with Crippen molar-refractivity contribution in [2.45, 2.75) is 36.8 Å². The first-order valence-electron chi connectivity index (χ1n) is 6.08. The minimum atomic E-state index is -3.64. The fraction of sp³-hybridized carbons (Fsp3) is 0.545. The van der Waals surface area contributed by atoms with Crippen LogP contribution in [0.15, 0.2) is 23.2 Å². The molecule has 0 amide bonds. The molecule has 2 atom stereocenters. The minimum absolute atomic E-state index is 0.0524. The van der Waals surface area contributed by atoms with Crippen LogP contribution < -0.4 is 16.0 Å². The lowest BCUT2D eigenvalue weighted by Gasteiger charge is -2.27. The Labute approximate surface area is 112 Å². The molecule has 1 aliphatic heterocycles. The molecule has 0 saturated carbocycles. The number of nitrogens with two attached hydrogens (primary N) is 1. The molecular weight excluding hydrogens is 268 g/mol. The highest BCUT2D eigenvalue weighted by Gasteiger charge is 2.26. The van der Waals surface area contributed by atoms with Gasteiger partial charge in [0.1, 0.15) is 4.90 Å². The van der Waals surface area contributed by atoms with Gasteiger partial charge in [-0.05, 0) is 31.9 Å². The molecule has 4 N–H and O–H groups in total. The van der Waals surface area contributed by atoms with Crippen molar-refractivity contribution in [2.24, 2.45) is 5.84 Å². The van der Waals surface area contributed by atoms with E-state index in [0.717, 1.165) is 0 Å². The van der Waals surface area contributed by atoms with Crippen LogP contribution in [0.4, 0.5) is 5.82 Å². The summed E-state index contributed by atoms with van der Waals surface area (Å²) < 4.78 is 32.7. The molecule has 0 aromatic carbocycles. The third-order valence-electron chi connectivity index (χ3n) is 3.00. The Balaban J connectivity index is 2.18. The van der Waals surface area contributed by atoms with E-state index in [1.165, 1.54) is 12.3 Å². The van der Waals surface area contributed by atoms with Gasteiger partial charge >= 0.3 is 0 Å². The molecule has 7 nitrogen and oxygen atoms in total. The number of aromatic nitrogens is 1. The quantitative estimate of drug-likeness (QED) is 0.540. The molecular formula is C11H18N4O3S. The molecule has 1 aliphatic rings. The van der Waals surface area contributed by atoms with E-state index < -0.39 is 10.0 Å². The molecule has 1 fully saturated rings. The molecule has 19 heavy (non-hydrogen) atoms. The van der Waals surface area contributed by atoms with Crippen LogP contribution >= 0.6 is 0 Å². The Kier molecular flexibility index (Phi) is 4.35. The summed E-state index contributed by atoms with van der Waals surface area (Å²) in [4.78, 5) is 3.94. The summed E-state index contributed by atoms with van der Waals surface area (Å²) >= 11 is 0. The maximum Gasteiger partial charge on any atom is 0.244 e. The van der Waals surface area contributed by atoms with Gasteiger partial charge in [0, 0.05) is 18.8 Å². The zero-order valence-corrected chi connectivity index (χ0v) is 11.5. The first-order valence-corrected chi connectivity index (χ1v) is 7.57. The fourth-order valence-electron chi connectivity index (χ4n) is 2.10. The summed E-state index contributed by atoms with van der Waals surface area (Å²) in [6.45, 7) is 2.49. The SMILES string of the molecule is CC1CC(NS(=O)(=O)c2cccnc2NN)CCO1. The lowest BCUT2D eigenvalue weighted by Crippen LogP contribution is -2.41. The number of nitrogens with one attached hydrogen (secondary N) is 2. The first-order chi connectivity index (χ1) is 9.03. The molecule has 2 heterocycles. The highest BCUT2D eigenvalue weighted by Crippen LogP contribution is 2.20. The van der Waals surface area contributed by atoms with Crippen LogP contribution in [0, 0.1) is 0 Å². The molecule has 106 valence electrons. The Morgan fingerprint density at radius 2 is 2.32 bits per heavy atom. The highest BCUT2D eigenvalue weighted by molar-refractivity contribution is 7.89. The van der Waals surface area contributed by atoms with Gasteiger partial charge in [-0.2, -0.15) is 0 Å². The van der Waals surface area contributed by atoms with E-state index in [9.17, 15) is 8.42 Å². The molecule has 0 bridgehead atoms. The van der Waals surface area contributed by atoms with Crippen molar-refractivity contribution in [3.63, 3.8) is 0 Å². The van der Waals surface area contributed by atoms with Gasteiger partial charge in [0.25, 0.3) is 0 Å². The Bertz CT molecular complexity index is 534. The lowest BCUT2D eigenvalue weighted by atomic mass is 10.1. The number of hydrazine groups is 1. The van der Waals surface area contributed by atoms with Gasteiger partial charge in [0.15, 0.2) is 5.82 Å². The van der Waals surface area contributed by atoms with Crippen LogP contribution in [-0.2, 0) is 14.8 Å². The van der Waals surface area contributed by atoms with Crippen LogP contribution in [-0.4, -0.2) is 32.2 Å². The average molecular weight is 286 g/mol. The molecule has 2 unspecified atom stereocenters. The molecule has 1 saturated heterocycles. The van der Waals surface area contributed by atoms with Crippen LogP contribution in [0.1, 0.15) is 19.8 Å². The van der Waals surface area contributed by atoms with E-state index in [0.29, 0.717) is 19.4 Å². The van der Waals surface area contributed by atoms with Crippen LogP contribution in [0.2, 0.25) is 0 Å². The number of ether oxygens (including phenoxy) is 1. The second-order valence-corrected chi connectivity index (χ2v) is 6.20. The van der Waals surface area contributed by atoms with Crippen molar-refractivity contribution >= 4 is 15.8 Å². The number of pyridine rings is 1. The number of hydrogen-bond donors (Lipinski definition) is 3. The predicted molar refractivity (Wildman–Crippen MR) is 70.8 cm³/mol. The first kappa shape index (κ1) is 14.2. The Hall–Kier alpha value is -1.22. The summed E-state index contributed by atoms with van der Waals surface area (Å²) in [5.41, 5.74) is 2.29. The molecule has 2 rings (SSSR count). The van der Waals surface area contributed by atoms with E-state index in [1.54, 1.807) is 6.07 Å². The average Bonchev–Trinajstić information content (AvgIpc) is 2.38. The second kappa shape index (κ2) is 5.83. The van der Waals surface area contributed by atoms with Gasteiger partial charge in [0.2, 0.25) is 10.0 Å². The van der Waals surface area contributed by atoms with E-state index in [2.05, 4.69) is 15.1 Å². The third kappa shape index (κ3) is 3.41. The number of nitrogen functional groups attached to an aromatic ring is 1. The van der Waals surface area contributed by atoms with Crippen molar-refractivity contribution in [1.82, 2.24) is 9.71 Å². The monoisotopic (exact) mass is 286 g/mol. The second-order valence-electron chi connectivity index (χ2n) is 4.52. The van der Waals surface area contributed by atoms with E-state index >= 15 is 0 Å². The normalized spacial score (nSPS) is 24.1. The van der Waals surface area contributed by atoms with Crippen molar-refractivity contribution in [3.8, 4) is 0 Å². The maximum atomic E-state index is 12.3. The number of nitrogens with zero attached hydrogens (tertiary/aromatic N) is 1. The van der Waals surface area contributed by atoms with Crippen molar-refractivity contribution in [1.29, 1.82) is 0 Å². The summed E-state index contributed by atoms with van der Waals surface area (Å²) in [7, 11) is -3.64. The summed E-state index contributed by atoms with van der Waals surface area (Å²) in [5.74, 6) is 5.41. The van der Waals surface area contributed by atoms with Gasteiger partial charge < -0.3 is 10.2 Å². The molecule has 1 aromatic heterocycles. The van der Waals surface area contributed by atoms with E-state index in [4.69, 9.17) is 10.6 Å². The number of sulfonamides is 1. The molecule has 0 radical (unpaired) electrons. The smallest absolute Gasteiger partial charge is 0.244 e. The Morgan fingerprint density at radius 1 is 1.53 bits per heavy atom. The van der Waals surface area contributed by atoms with E-state index in [-0.39, 0.29) is 22.9 Å². The van der Waals surface area contributed by atoms with Crippen LogP contribution in [0.3, 0.4) is 0 Å². The fourth-order valence-corrected chi connectivity index (χ4v) is 3.51. The lowest BCUT2D eigenvalue weighted by molar-refractivity contribution is 0.0173. The molecule has 0 aliphatic carbocycles. The molecule has 1 aromatic rings. The number of anilines is 1.